The number of halogens is 1. The van der Waals surface area contributed by atoms with E-state index in [1.807, 2.05) is 0 Å². The van der Waals surface area contributed by atoms with E-state index >= 15 is 0 Å². The average molecular weight is 305 g/mol. The van der Waals surface area contributed by atoms with Gasteiger partial charge in [0.2, 0.25) is 5.91 Å². The zero-order valence-corrected chi connectivity index (χ0v) is 13.7. The fourth-order valence-corrected chi connectivity index (χ4v) is 3.44. The molecule has 2 aliphatic rings. The van der Waals surface area contributed by atoms with Gasteiger partial charge in [0.05, 0.1) is 12.6 Å². The van der Waals surface area contributed by atoms with Gasteiger partial charge >= 0.3 is 0 Å². The Balaban J connectivity index is 0.00000200. The van der Waals surface area contributed by atoms with E-state index in [4.69, 9.17) is 4.74 Å². The lowest BCUT2D eigenvalue weighted by Crippen LogP contribution is -2.64. The van der Waals surface area contributed by atoms with Gasteiger partial charge in [-0.15, -0.1) is 12.4 Å². The van der Waals surface area contributed by atoms with Crippen molar-refractivity contribution in [3.63, 3.8) is 0 Å². The Hall–Kier alpha value is -0.320. The molecule has 0 aromatic carbocycles. The number of hydrogen-bond donors (Lipinski definition) is 2. The van der Waals surface area contributed by atoms with E-state index in [2.05, 4.69) is 24.5 Å². The highest BCUT2D eigenvalue weighted by atomic mass is 35.5. The van der Waals surface area contributed by atoms with Crippen molar-refractivity contribution in [2.24, 2.45) is 11.3 Å². The van der Waals surface area contributed by atoms with Crippen molar-refractivity contribution in [2.45, 2.75) is 58.1 Å². The van der Waals surface area contributed by atoms with Gasteiger partial charge in [0, 0.05) is 18.6 Å². The second kappa shape index (κ2) is 7.62. The predicted octanol–water partition coefficient (Wildman–Crippen LogP) is 2.12. The van der Waals surface area contributed by atoms with Gasteiger partial charge in [-0.1, -0.05) is 13.8 Å². The van der Waals surface area contributed by atoms with E-state index < -0.39 is 0 Å². The number of hydrogen-bond acceptors (Lipinski definition) is 3. The van der Waals surface area contributed by atoms with E-state index in [1.165, 1.54) is 12.8 Å². The molecule has 0 bridgehead atoms. The second-order valence-electron chi connectivity index (χ2n) is 6.09. The molecule has 2 saturated carbocycles. The first-order chi connectivity index (χ1) is 9.16. The Morgan fingerprint density at radius 2 is 1.95 bits per heavy atom. The molecule has 5 heteroatoms. The van der Waals surface area contributed by atoms with Gasteiger partial charge in [0.25, 0.3) is 0 Å². The molecule has 0 radical (unpaired) electrons. The minimum atomic E-state index is 0. The first-order valence-corrected chi connectivity index (χ1v) is 7.69. The fraction of sp³-hybridized carbons (Fsp3) is 0.933. The number of rotatable bonds is 8. The van der Waals surface area contributed by atoms with Crippen molar-refractivity contribution in [3.8, 4) is 0 Å². The number of amides is 1. The Kier molecular flexibility index (Phi) is 6.76. The smallest absolute Gasteiger partial charge is 0.234 e. The number of carbonyl (C=O) groups is 1. The first kappa shape index (κ1) is 17.7. The van der Waals surface area contributed by atoms with Crippen molar-refractivity contribution in [2.75, 3.05) is 20.2 Å². The minimum absolute atomic E-state index is 0. The summed E-state index contributed by atoms with van der Waals surface area (Å²) in [5, 5.41) is 6.43. The van der Waals surface area contributed by atoms with Gasteiger partial charge in [0.1, 0.15) is 0 Å². The zero-order valence-electron chi connectivity index (χ0n) is 12.9. The molecule has 2 unspecified atom stereocenters. The summed E-state index contributed by atoms with van der Waals surface area (Å²) in [5.74, 6) is 0.950. The number of nitrogens with one attached hydrogen (secondary N) is 2. The highest BCUT2D eigenvalue weighted by Crippen LogP contribution is 2.48. The Bertz CT molecular complexity index is 317. The summed E-state index contributed by atoms with van der Waals surface area (Å²) in [6, 6.07) is 0.280. The third-order valence-corrected chi connectivity index (χ3v) is 5.14. The second-order valence-corrected chi connectivity index (χ2v) is 6.09. The molecular weight excluding hydrogens is 276 g/mol. The molecule has 0 aromatic rings. The lowest BCUT2D eigenvalue weighted by molar-refractivity contribution is -0.140. The summed E-state index contributed by atoms with van der Waals surface area (Å²) >= 11 is 0. The number of methoxy groups -OCH3 is 1. The number of ether oxygens (including phenoxy) is 1. The third-order valence-electron chi connectivity index (χ3n) is 5.14. The molecule has 0 heterocycles. The molecule has 20 heavy (non-hydrogen) atoms. The topological polar surface area (TPSA) is 50.4 Å². The van der Waals surface area contributed by atoms with Gasteiger partial charge < -0.3 is 15.4 Å². The highest BCUT2D eigenvalue weighted by molar-refractivity contribution is 5.85. The lowest BCUT2D eigenvalue weighted by atomic mass is 9.58. The van der Waals surface area contributed by atoms with Crippen LogP contribution < -0.4 is 10.6 Å². The fourth-order valence-electron chi connectivity index (χ4n) is 3.44. The summed E-state index contributed by atoms with van der Waals surface area (Å²) in [6.45, 7) is 5.83. The van der Waals surface area contributed by atoms with Crippen molar-refractivity contribution in [1.29, 1.82) is 0 Å². The molecule has 0 aliphatic heterocycles. The zero-order chi connectivity index (χ0) is 13.9. The van der Waals surface area contributed by atoms with Crippen LogP contribution in [-0.4, -0.2) is 38.3 Å². The average Bonchev–Trinajstić information content (AvgIpc) is 3.20. The molecular formula is C15H29ClN2O2. The van der Waals surface area contributed by atoms with Crippen LogP contribution >= 0.6 is 12.4 Å². The molecule has 0 saturated heterocycles. The minimum Gasteiger partial charge on any atom is -0.381 e. The molecule has 2 aliphatic carbocycles. The Morgan fingerprint density at radius 1 is 1.30 bits per heavy atom. The molecule has 2 fully saturated rings. The van der Waals surface area contributed by atoms with Crippen LogP contribution in [0.1, 0.15) is 46.0 Å². The largest absolute Gasteiger partial charge is 0.381 e. The van der Waals surface area contributed by atoms with Crippen molar-refractivity contribution < 1.29 is 9.53 Å². The van der Waals surface area contributed by atoms with Crippen molar-refractivity contribution >= 4 is 18.3 Å². The molecule has 0 spiro atoms. The summed E-state index contributed by atoms with van der Waals surface area (Å²) in [5.41, 5.74) is 0.140. The molecule has 1 amide bonds. The van der Waals surface area contributed by atoms with Crippen LogP contribution in [0.4, 0.5) is 0 Å². The maximum absolute atomic E-state index is 11.9. The normalized spacial score (nSPS) is 27.4. The Morgan fingerprint density at radius 3 is 2.45 bits per heavy atom. The van der Waals surface area contributed by atoms with Gasteiger partial charge in [-0.3, -0.25) is 4.79 Å². The summed E-state index contributed by atoms with van der Waals surface area (Å²) in [4.78, 5) is 11.9. The van der Waals surface area contributed by atoms with Crippen LogP contribution in [0.25, 0.3) is 0 Å². The molecule has 4 nitrogen and oxygen atoms in total. The summed E-state index contributed by atoms with van der Waals surface area (Å²) in [6.07, 6.45) is 6.01. The van der Waals surface area contributed by atoms with Gasteiger partial charge in [0.15, 0.2) is 0 Å². The van der Waals surface area contributed by atoms with Crippen LogP contribution in [0, 0.1) is 11.3 Å². The maximum atomic E-state index is 11.9. The summed E-state index contributed by atoms with van der Waals surface area (Å²) < 4.78 is 5.55. The maximum Gasteiger partial charge on any atom is 0.234 e. The van der Waals surface area contributed by atoms with Crippen LogP contribution in [-0.2, 0) is 9.53 Å². The van der Waals surface area contributed by atoms with Crippen LogP contribution in [0.5, 0.6) is 0 Å². The van der Waals surface area contributed by atoms with E-state index in [-0.39, 0.29) is 29.8 Å². The quantitative estimate of drug-likeness (QED) is 0.722. The number of carbonyl (C=O) groups excluding carboxylic acids is 1. The molecule has 118 valence electrons. The van der Waals surface area contributed by atoms with E-state index in [0.717, 1.165) is 31.7 Å². The standard InChI is InChI=1S/C15H28N2O2.ClH/c1-4-15(5-2)12(8-13(15)19-3)17-14(18)10-16-9-11-6-7-11;/h11-13,16H,4-10H2,1-3H3,(H,17,18);1H. The van der Waals surface area contributed by atoms with Crippen molar-refractivity contribution in [1.82, 2.24) is 10.6 Å². The van der Waals surface area contributed by atoms with Gasteiger partial charge in [-0.05, 0) is 44.6 Å². The van der Waals surface area contributed by atoms with Crippen LogP contribution in [0.2, 0.25) is 0 Å². The lowest BCUT2D eigenvalue weighted by Gasteiger charge is -2.55. The van der Waals surface area contributed by atoms with E-state index in [1.54, 1.807) is 7.11 Å². The summed E-state index contributed by atoms with van der Waals surface area (Å²) in [7, 11) is 1.78. The third kappa shape index (κ3) is 3.66. The monoisotopic (exact) mass is 304 g/mol. The first-order valence-electron chi connectivity index (χ1n) is 7.69. The predicted molar refractivity (Wildman–Crippen MR) is 83.2 cm³/mol. The van der Waals surface area contributed by atoms with E-state index in [0.29, 0.717) is 12.6 Å². The van der Waals surface area contributed by atoms with Crippen molar-refractivity contribution in [3.05, 3.63) is 0 Å². The highest BCUT2D eigenvalue weighted by Gasteiger charge is 2.53. The SMILES string of the molecule is CCC1(CC)C(NC(=O)CNCC2CC2)CC1OC.Cl. The molecule has 2 rings (SSSR count). The molecule has 2 N–H and O–H groups in total. The van der Waals surface area contributed by atoms with Crippen LogP contribution in [0.15, 0.2) is 0 Å². The van der Waals surface area contributed by atoms with Gasteiger partial charge in [-0.2, -0.15) is 0 Å². The Labute approximate surface area is 128 Å². The molecule has 2 atom stereocenters. The van der Waals surface area contributed by atoms with E-state index in [9.17, 15) is 4.79 Å². The van der Waals surface area contributed by atoms with Gasteiger partial charge in [-0.25, -0.2) is 0 Å². The van der Waals surface area contributed by atoms with Crippen LogP contribution in [0.3, 0.4) is 0 Å². The molecule has 0 aromatic heterocycles.